The Kier molecular flexibility index (Phi) is 6.92. The van der Waals surface area contributed by atoms with Gasteiger partial charge >= 0.3 is 0 Å². The average Bonchev–Trinajstić information content (AvgIpc) is 3.57. The molecular formula is C24H28N4O2S. The topological polar surface area (TPSA) is 69.0 Å². The van der Waals surface area contributed by atoms with Gasteiger partial charge in [-0.1, -0.05) is 54.2 Å². The van der Waals surface area contributed by atoms with Crippen LogP contribution in [0.2, 0.25) is 0 Å². The number of ether oxygens (including phenoxy) is 1. The van der Waals surface area contributed by atoms with Gasteiger partial charge in [0.05, 0.1) is 18.9 Å². The molecule has 0 bridgehead atoms. The van der Waals surface area contributed by atoms with Crippen LogP contribution in [0, 0.1) is 0 Å². The highest BCUT2D eigenvalue weighted by atomic mass is 32.2. The number of carbonyl (C=O) groups excluding carboxylic acids is 1. The molecule has 31 heavy (non-hydrogen) atoms. The first-order valence-electron chi connectivity index (χ1n) is 10.7. The van der Waals surface area contributed by atoms with Crippen LogP contribution in [0.5, 0.6) is 5.75 Å². The Morgan fingerprint density at radius 3 is 2.55 bits per heavy atom. The highest BCUT2D eigenvalue weighted by Gasteiger charge is 2.31. The lowest BCUT2D eigenvalue weighted by Gasteiger charge is -2.14. The van der Waals surface area contributed by atoms with Crippen LogP contribution < -0.4 is 10.1 Å². The molecule has 1 atom stereocenters. The third-order valence-electron chi connectivity index (χ3n) is 5.39. The number of amides is 1. The van der Waals surface area contributed by atoms with E-state index in [1.165, 1.54) is 30.2 Å². The summed E-state index contributed by atoms with van der Waals surface area (Å²) < 4.78 is 7.36. The molecule has 1 aliphatic rings. The van der Waals surface area contributed by atoms with Gasteiger partial charge in [0.25, 0.3) is 0 Å². The Morgan fingerprint density at radius 1 is 1.13 bits per heavy atom. The number of nitrogens with zero attached hydrogens (tertiary/aromatic N) is 3. The van der Waals surface area contributed by atoms with Crippen molar-refractivity contribution in [3.63, 3.8) is 0 Å². The van der Waals surface area contributed by atoms with E-state index in [2.05, 4.69) is 32.2 Å². The third-order valence-corrected chi connectivity index (χ3v) is 6.48. The molecule has 4 rings (SSSR count). The summed E-state index contributed by atoms with van der Waals surface area (Å²) in [7, 11) is 1.66. The van der Waals surface area contributed by atoms with Crippen molar-refractivity contribution >= 4 is 17.7 Å². The van der Waals surface area contributed by atoms with Crippen molar-refractivity contribution in [1.29, 1.82) is 0 Å². The second-order valence-electron chi connectivity index (χ2n) is 7.84. The maximum Gasteiger partial charge on any atom is 0.233 e. The fourth-order valence-corrected chi connectivity index (χ4v) is 4.30. The first kappa shape index (κ1) is 21.4. The number of hydrogen-bond acceptors (Lipinski definition) is 5. The molecule has 1 fully saturated rings. The molecule has 0 radical (unpaired) electrons. The van der Waals surface area contributed by atoms with Crippen molar-refractivity contribution in [3.05, 3.63) is 71.5 Å². The predicted octanol–water partition coefficient (Wildman–Crippen LogP) is 4.05. The standard InChI is InChI=1S/C24H28N4O2S/c1-17(23(29)25-15-14-18-8-12-21(30-2)13-9-18)31-24-27-26-22(20-10-11-20)28(24)16-19-6-4-3-5-7-19/h3-9,12-13,17,20H,10-11,14-16H2,1-2H3,(H,25,29). The molecule has 1 heterocycles. The van der Waals surface area contributed by atoms with Gasteiger partial charge < -0.3 is 14.6 Å². The van der Waals surface area contributed by atoms with Gasteiger partial charge in [0.15, 0.2) is 5.16 Å². The van der Waals surface area contributed by atoms with Crippen LogP contribution in [-0.4, -0.2) is 39.6 Å². The van der Waals surface area contributed by atoms with Crippen molar-refractivity contribution in [2.24, 2.45) is 0 Å². The average molecular weight is 437 g/mol. The number of thioether (sulfide) groups is 1. The van der Waals surface area contributed by atoms with Crippen molar-refractivity contribution < 1.29 is 9.53 Å². The lowest BCUT2D eigenvalue weighted by Crippen LogP contribution is -2.32. The van der Waals surface area contributed by atoms with E-state index in [-0.39, 0.29) is 11.2 Å². The number of carbonyl (C=O) groups is 1. The lowest BCUT2D eigenvalue weighted by molar-refractivity contribution is -0.120. The summed E-state index contributed by atoms with van der Waals surface area (Å²) in [6.45, 7) is 3.25. The van der Waals surface area contributed by atoms with Crippen LogP contribution in [0.4, 0.5) is 0 Å². The van der Waals surface area contributed by atoms with Crippen LogP contribution in [0.15, 0.2) is 59.8 Å². The number of aromatic nitrogens is 3. The Morgan fingerprint density at radius 2 is 1.87 bits per heavy atom. The van der Waals surface area contributed by atoms with Crippen LogP contribution >= 0.6 is 11.8 Å². The summed E-state index contributed by atoms with van der Waals surface area (Å²) in [5.74, 6) is 2.39. The number of hydrogen-bond donors (Lipinski definition) is 1. The minimum Gasteiger partial charge on any atom is -0.497 e. The lowest BCUT2D eigenvalue weighted by atomic mass is 10.1. The molecule has 1 saturated carbocycles. The minimum absolute atomic E-state index is 0.0146. The van der Waals surface area contributed by atoms with Gasteiger partial charge in [-0.25, -0.2) is 0 Å². The Bertz CT molecular complexity index is 1000. The quantitative estimate of drug-likeness (QED) is 0.486. The zero-order valence-corrected chi connectivity index (χ0v) is 18.8. The largest absolute Gasteiger partial charge is 0.497 e. The fraction of sp³-hybridized carbons (Fsp3) is 0.375. The Hall–Kier alpha value is -2.80. The fourth-order valence-electron chi connectivity index (χ4n) is 3.42. The van der Waals surface area contributed by atoms with Gasteiger partial charge in [0.2, 0.25) is 5.91 Å². The molecule has 0 aliphatic heterocycles. The molecule has 1 unspecified atom stereocenters. The summed E-state index contributed by atoms with van der Waals surface area (Å²) >= 11 is 1.48. The molecule has 6 nitrogen and oxygen atoms in total. The van der Waals surface area contributed by atoms with Gasteiger partial charge in [-0.05, 0) is 49.4 Å². The molecular weight excluding hydrogens is 408 g/mol. The Labute approximate surface area is 187 Å². The Balaban J connectivity index is 1.35. The summed E-state index contributed by atoms with van der Waals surface area (Å²) in [6.07, 6.45) is 3.11. The molecule has 0 spiro atoms. The summed E-state index contributed by atoms with van der Waals surface area (Å²) in [6, 6.07) is 18.2. The van der Waals surface area contributed by atoms with Gasteiger partial charge in [0.1, 0.15) is 11.6 Å². The first-order valence-corrected chi connectivity index (χ1v) is 11.6. The zero-order valence-electron chi connectivity index (χ0n) is 18.0. The van der Waals surface area contributed by atoms with E-state index in [0.717, 1.165) is 35.3 Å². The molecule has 1 N–H and O–H groups in total. The van der Waals surface area contributed by atoms with Gasteiger partial charge in [-0.2, -0.15) is 0 Å². The minimum atomic E-state index is -0.248. The number of nitrogens with one attached hydrogen (secondary N) is 1. The van der Waals surface area contributed by atoms with Gasteiger partial charge in [-0.15, -0.1) is 10.2 Å². The second-order valence-corrected chi connectivity index (χ2v) is 9.14. The highest BCUT2D eigenvalue weighted by Crippen LogP contribution is 2.40. The maximum absolute atomic E-state index is 12.7. The van der Waals surface area contributed by atoms with Crippen molar-refractivity contribution in [2.75, 3.05) is 13.7 Å². The number of benzene rings is 2. The van der Waals surface area contributed by atoms with E-state index in [9.17, 15) is 4.79 Å². The van der Waals surface area contributed by atoms with Crippen LogP contribution in [0.3, 0.4) is 0 Å². The van der Waals surface area contributed by atoms with E-state index in [4.69, 9.17) is 4.74 Å². The smallest absolute Gasteiger partial charge is 0.233 e. The number of methoxy groups -OCH3 is 1. The van der Waals surface area contributed by atoms with Crippen molar-refractivity contribution in [1.82, 2.24) is 20.1 Å². The molecule has 1 aromatic heterocycles. The maximum atomic E-state index is 12.7. The normalized spacial score (nSPS) is 14.3. The van der Waals surface area contributed by atoms with Gasteiger partial charge in [0, 0.05) is 12.5 Å². The highest BCUT2D eigenvalue weighted by molar-refractivity contribution is 8.00. The van der Waals surface area contributed by atoms with E-state index >= 15 is 0 Å². The summed E-state index contributed by atoms with van der Waals surface area (Å²) in [4.78, 5) is 12.7. The summed E-state index contributed by atoms with van der Waals surface area (Å²) in [5.41, 5.74) is 2.38. The van der Waals surface area contributed by atoms with Crippen molar-refractivity contribution in [3.8, 4) is 5.75 Å². The van der Waals surface area contributed by atoms with Crippen LogP contribution in [0.1, 0.15) is 42.6 Å². The molecule has 0 saturated heterocycles. The van der Waals surface area contributed by atoms with Crippen LogP contribution in [-0.2, 0) is 17.8 Å². The molecule has 162 valence electrons. The second kappa shape index (κ2) is 10.0. The van der Waals surface area contributed by atoms with Gasteiger partial charge in [-0.3, -0.25) is 4.79 Å². The monoisotopic (exact) mass is 436 g/mol. The van der Waals surface area contributed by atoms with E-state index in [0.29, 0.717) is 12.5 Å². The van der Waals surface area contributed by atoms with Crippen molar-refractivity contribution in [2.45, 2.75) is 49.1 Å². The predicted molar refractivity (Wildman–Crippen MR) is 123 cm³/mol. The first-order chi connectivity index (χ1) is 15.1. The van der Waals surface area contributed by atoms with E-state index < -0.39 is 0 Å². The summed E-state index contributed by atoms with van der Waals surface area (Å²) in [5, 5.41) is 12.5. The molecule has 3 aromatic rings. The third kappa shape index (κ3) is 5.67. The molecule has 7 heteroatoms. The molecule has 1 aliphatic carbocycles. The van der Waals surface area contributed by atoms with E-state index in [1.807, 2.05) is 49.4 Å². The SMILES string of the molecule is COc1ccc(CCNC(=O)C(C)Sc2nnc(C3CC3)n2Cc2ccccc2)cc1. The molecule has 1 amide bonds. The zero-order chi connectivity index (χ0) is 21.6. The van der Waals surface area contributed by atoms with E-state index in [1.54, 1.807) is 7.11 Å². The number of rotatable bonds is 10. The molecule has 2 aromatic carbocycles. The van der Waals surface area contributed by atoms with Crippen LogP contribution in [0.25, 0.3) is 0 Å².